The first kappa shape index (κ1) is 25.0. The van der Waals surface area contributed by atoms with Crippen LogP contribution in [0, 0.1) is 6.92 Å². The molecule has 2 aromatic heterocycles. The average molecular weight is 502 g/mol. The average Bonchev–Trinajstić information content (AvgIpc) is 2.89. The van der Waals surface area contributed by atoms with Gasteiger partial charge in [0.05, 0.1) is 27.0 Å². The molecule has 0 aliphatic heterocycles. The lowest BCUT2D eigenvalue weighted by atomic mass is 10.2. The van der Waals surface area contributed by atoms with E-state index in [4.69, 9.17) is 14.2 Å². The molecule has 0 spiro atoms. The number of pyridine rings is 1. The van der Waals surface area contributed by atoms with Crippen LogP contribution in [-0.4, -0.2) is 42.3 Å². The van der Waals surface area contributed by atoms with Crippen molar-refractivity contribution in [3.8, 4) is 17.2 Å². The molecule has 37 heavy (non-hydrogen) atoms. The molecule has 0 saturated carbocycles. The molecule has 4 rings (SSSR count). The Morgan fingerprint density at radius 2 is 1.27 bits per heavy atom. The predicted octanol–water partition coefficient (Wildman–Crippen LogP) is 5.34. The van der Waals surface area contributed by atoms with Gasteiger partial charge in [-0.2, -0.15) is 0 Å². The van der Waals surface area contributed by atoms with Gasteiger partial charge in [-0.1, -0.05) is 0 Å². The van der Waals surface area contributed by atoms with E-state index in [1.54, 1.807) is 36.5 Å². The minimum Gasteiger partial charge on any atom is -0.493 e. The SMILES string of the molecule is COc1cc(NC(=O)Nc2ccc(Nc3cc(Nc4cc(C)ccn4)ncn3)cc2)cc(OC)c1OC. The fraction of sp³-hybridized carbons (Fsp3) is 0.154. The highest BCUT2D eigenvalue weighted by Gasteiger charge is 2.14. The Kier molecular flexibility index (Phi) is 7.84. The first-order valence-electron chi connectivity index (χ1n) is 11.2. The molecule has 11 heteroatoms. The topological polar surface area (TPSA) is 132 Å². The van der Waals surface area contributed by atoms with Gasteiger partial charge in [-0.15, -0.1) is 0 Å². The lowest BCUT2D eigenvalue weighted by Crippen LogP contribution is -2.19. The molecule has 0 aliphatic rings. The van der Waals surface area contributed by atoms with Crippen molar-refractivity contribution in [1.29, 1.82) is 0 Å². The molecule has 0 bridgehead atoms. The number of anilines is 6. The van der Waals surface area contributed by atoms with Gasteiger partial charge in [0.2, 0.25) is 5.75 Å². The van der Waals surface area contributed by atoms with E-state index in [9.17, 15) is 4.79 Å². The highest BCUT2D eigenvalue weighted by molar-refractivity contribution is 6.00. The van der Waals surface area contributed by atoms with Crippen LogP contribution < -0.4 is 35.5 Å². The van der Waals surface area contributed by atoms with E-state index < -0.39 is 6.03 Å². The molecule has 4 aromatic rings. The van der Waals surface area contributed by atoms with E-state index in [0.717, 1.165) is 11.3 Å². The Bertz CT molecular complexity index is 1350. The number of methoxy groups -OCH3 is 3. The molecule has 0 radical (unpaired) electrons. The molecule has 190 valence electrons. The molecule has 4 N–H and O–H groups in total. The van der Waals surface area contributed by atoms with Crippen LogP contribution in [0.5, 0.6) is 17.2 Å². The van der Waals surface area contributed by atoms with Crippen LogP contribution in [0.15, 0.2) is 67.1 Å². The van der Waals surface area contributed by atoms with Crippen molar-refractivity contribution in [2.45, 2.75) is 6.92 Å². The number of carbonyl (C=O) groups excluding carboxylic acids is 1. The van der Waals surface area contributed by atoms with Crippen LogP contribution in [-0.2, 0) is 0 Å². The number of hydrogen-bond donors (Lipinski definition) is 4. The van der Waals surface area contributed by atoms with Gasteiger partial charge in [0, 0.05) is 35.8 Å². The van der Waals surface area contributed by atoms with E-state index in [-0.39, 0.29) is 0 Å². The van der Waals surface area contributed by atoms with Crippen molar-refractivity contribution >= 4 is 40.5 Å². The zero-order valence-corrected chi connectivity index (χ0v) is 20.8. The maximum Gasteiger partial charge on any atom is 0.323 e. The first-order chi connectivity index (χ1) is 18.0. The summed E-state index contributed by atoms with van der Waals surface area (Å²) in [4.78, 5) is 25.3. The summed E-state index contributed by atoms with van der Waals surface area (Å²) in [7, 11) is 4.54. The minimum absolute atomic E-state index is 0.425. The third kappa shape index (κ3) is 6.54. The summed E-state index contributed by atoms with van der Waals surface area (Å²) < 4.78 is 16.0. The number of amides is 2. The minimum atomic E-state index is -0.425. The molecule has 0 unspecified atom stereocenters. The molecular formula is C26H27N7O4. The molecule has 2 aromatic carbocycles. The fourth-order valence-corrected chi connectivity index (χ4v) is 3.46. The number of ether oxygens (including phenoxy) is 3. The van der Waals surface area contributed by atoms with Crippen LogP contribution in [0.4, 0.5) is 39.3 Å². The summed E-state index contributed by atoms with van der Waals surface area (Å²) in [6.45, 7) is 2.00. The van der Waals surface area contributed by atoms with Crippen molar-refractivity contribution < 1.29 is 19.0 Å². The summed E-state index contributed by atoms with van der Waals surface area (Å²) in [6.07, 6.45) is 3.20. The Balaban J connectivity index is 1.37. The Morgan fingerprint density at radius 1 is 0.676 bits per heavy atom. The summed E-state index contributed by atoms with van der Waals surface area (Å²) in [6, 6.07) is 15.7. The highest BCUT2D eigenvalue weighted by Crippen LogP contribution is 2.40. The number of nitrogens with one attached hydrogen (secondary N) is 4. The second-order valence-electron chi connectivity index (χ2n) is 7.83. The van der Waals surface area contributed by atoms with Gasteiger partial charge >= 0.3 is 6.03 Å². The molecule has 2 amide bonds. The predicted molar refractivity (Wildman–Crippen MR) is 143 cm³/mol. The summed E-state index contributed by atoms with van der Waals surface area (Å²) in [5, 5.41) is 11.9. The monoisotopic (exact) mass is 501 g/mol. The number of aromatic nitrogens is 3. The van der Waals surface area contributed by atoms with Gasteiger partial charge in [0.25, 0.3) is 0 Å². The van der Waals surface area contributed by atoms with E-state index in [2.05, 4.69) is 36.2 Å². The smallest absolute Gasteiger partial charge is 0.323 e. The Labute approximate surface area is 214 Å². The Morgan fingerprint density at radius 3 is 1.89 bits per heavy atom. The van der Waals surface area contributed by atoms with Crippen molar-refractivity contribution in [2.24, 2.45) is 0 Å². The first-order valence-corrected chi connectivity index (χ1v) is 11.2. The number of aryl methyl sites for hydroxylation is 1. The Hall–Kier alpha value is -5.06. The normalized spacial score (nSPS) is 10.3. The van der Waals surface area contributed by atoms with Crippen LogP contribution in [0.3, 0.4) is 0 Å². The number of rotatable bonds is 9. The lowest BCUT2D eigenvalue weighted by Gasteiger charge is -2.15. The van der Waals surface area contributed by atoms with Crippen molar-refractivity contribution in [1.82, 2.24) is 15.0 Å². The highest BCUT2D eigenvalue weighted by atomic mass is 16.5. The molecular weight excluding hydrogens is 474 g/mol. The number of hydrogen-bond acceptors (Lipinski definition) is 9. The molecule has 0 fully saturated rings. The van der Waals surface area contributed by atoms with E-state index in [1.807, 2.05) is 31.2 Å². The third-order valence-corrected chi connectivity index (χ3v) is 5.18. The van der Waals surface area contributed by atoms with Gasteiger partial charge in [-0.25, -0.2) is 19.7 Å². The zero-order valence-electron chi connectivity index (χ0n) is 20.8. The van der Waals surface area contributed by atoms with Crippen LogP contribution in [0.2, 0.25) is 0 Å². The maximum atomic E-state index is 12.5. The second kappa shape index (κ2) is 11.6. The van der Waals surface area contributed by atoms with Crippen molar-refractivity contribution in [2.75, 3.05) is 42.6 Å². The molecule has 0 atom stereocenters. The molecule has 0 saturated heterocycles. The van der Waals surface area contributed by atoms with E-state index in [0.29, 0.717) is 46.1 Å². The van der Waals surface area contributed by atoms with Gasteiger partial charge in [0.1, 0.15) is 23.8 Å². The summed E-state index contributed by atoms with van der Waals surface area (Å²) in [5.41, 5.74) is 2.97. The van der Waals surface area contributed by atoms with E-state index >= 15 is 0 Å². The van der Waals surface area contributed by atoms with Crippen molar-refractivity contribution in [3.05, 3.63) is 72.7 Å². The number of benzene rings is 2. The summed E-state index contributed by atoms with van der Waals surface area (Å²) >= 11 is 0. The maximum absolute atomic E-state index is 12.5. The number of carbonyl (C=O) groups is 1. The largest absolute Gasteiger partial charge is 0.493 e. The summed E-state index contributed by atoms with van der Waals surface area (Å²) in [5.74, 6) is 3.22. The number of nitrogens with zero attached hydrogens (tertiary/aromatic N) is 3. The van der Waals surface area contributed by atoms with Crippen molar-refractivity contribution in [3.63, 3.8) is 0 Å². The zero-order chi connectivity index (χ0) is 26.2. The fourth-order valence-electron chi connectivity index (χ4n) is 3.46. The molecule has 11 nitrogen and oxygen atoms in total. The third-order valence-electron chi connectivity index (χ3n) is 5.18. The quantitative estimate of drug-likeness (QED) is 0.240. The van der Waals surface area contributed by atoms with E-state index in [1.165, 1.54) is 27.7 Å². The lowest BCUT2D eigenvalue weighted by molar-refractivity contribution is 0.262. The molecule has 2 heterocycles. The van der Waals surface area contributed by atoms with Gasteiger partial charge in [-0.05, 0) is 48.9 Å². The standard InChI is InChI=1S/C26H27N7O4/c1-16-9-10-27-22(11-16)33-24-14-23(28-15-29-24)30-17-5-7-18(8-6-17)31-26(34)32-19-12-20(35-2)25(37-4)21(13-19)36-3/h5-15H,1-4H3,(H2,31,32,34)(H2,27,28,29,30,33). The van der Waals surface area contributed by atoms with Gasteiger partial charge in [-0.3, -0.25) is 0 Å². The van der Waals surface area contributed by atoms with Crippen LogP contribution >= 0.6 is 0 Å². The van der Waals surface area contributed by atoms with Gasteiger partial charge < -0.3 is 35.5 Å². The second-order valence-corrected chi connectivity index (χ2v) is 7.83. The van der Waals surface area contributed by atoms with Crippen LogP contribution in [0.25, 0.3) is 0 Å². The van der Waals surface area contributed by atoms with Gasteiger partial charge in [0.15, 0.2) is 11.5 Å². The van der Waals surface area contributed by atoms with Crippen LogP contribution in [0.1, 0.15) is 5.56 Å². The molecule has 0 aliphatic carbocycles. The number of urea groups is 1.